The van der Waals surface area contributed by atoms with Crippen LogP contribution in [0.3, 0.4) is 0 Å². The van der Waals surface area contributed by atoms with E-state index in [2.05, 4.69) is 47.2 Å². The molecule has 220 valence electrons. The zero-order valence-electron chi connectivity index (χ0n) is 24.7. The number of hydrogen-bond acceptors (Lipinski definition) is 10. The van der Waals surface area contributed by atoms with Crippen molar-refractivity contribution in [1.29, 1.82) is 0 Å². The maximum Gasteiger partial charge on any atom is 0.229 e. The molecule has 42 heavy (non-hydrogen) atoms. The van der Waals surface area contributed by atoms with Gasteiger partial charge in [-0.05, 0) is 68.4 Å². The molecule has 0 unspecified atom stereocenters. The topological polar surface area (TPSA) is 94.1 Å². The van der Waals surface area contributed by atoms with E-state index in [1.807, 2.05) is 36.4 Å². The average Bonchev–Trinajstić information content (AvgIpc) is 3.03. The number of fused-ring (bicyclic) bond motifs is 1. The minimum atomic E-state index is 0.177. The van der Waals surface area contributed by atoms with Gasteiger partial charge in [0.1, 0.15) is 17.3 Å². The zero-order chi connectivity index (χ0) is 29.1. The molecule has 6 rings (SSSR count). The lowest BCUT2D eigenvalue weighted by Crippen LogP contribution is -2.46. The Morgan fingerprint density at radius 2 is 1.57 bits per heavy atom. The van der Waals surface area contributed by atoms with Crippen molar-refractivity contribution in [3.05, 3.63) is 60.2 Å². The van der Waals surface area contributed by atoms with E-state index in [0.29, 0.717) is 44.6 Å². The molecule has 0 aliphatic carbocycles. The van der Waals surface area contributed by atoms with Crippen LogP contribution in [0.5, 0.6) is 11.5 Å². The van der Waals surface area contributed by atoms with Crippen molar-refractivity contribution in [1.82, 2.24) is 15.0 Å². The number of ether oxygens (including phenoxy) is 4. The van der Waals surface area contributed by atoms with Gasteiger partial charge in [0.05, 0.1) is 63.8 Å². The standard InChI is InChI=1S/C32H38N6O4/c1-21-19-41-15-13-37(21)31-27-10-11-28(34-30(27)35-32(36-31)38-14-16-42-20-22(38)2)23-5-12-29(40-4)24(17-23)18-33-25-6-8-26(39-3)9-7-25/h5-12,17,21-22,33H,13-16,18-20H2,1-4H3/t21-,22-/m0/s1. The predicted octanol–water partition coefficient (Wildman–Crippen LogP) is 4.77. The number of aromatic nitrogens is 3. The molecule has 1 N–H and O–H groups in total. The summed E-state index contributed by atoms with van der Waals surface area (Å²) in [6.07, 6.45) is 0. The summed E-state index contributed by atoms with van der Waals surface area (Å²) in [5.41, 5.74) is 4.54. The van der Waals surface area contributed by atoms with Crippen molar-refractivity contribution in [2.45, 2.75) is 32.5 Å². The van der Waals surface area contributed by atoms with Crippen molar-refractivity contribution in [2.24, 2.45) is 0 Å². The van der Waals surface area contributed by atoms with Crippen LogP contribution >= 0.6 is 0 Å². The first kappa shape index (κ1) is 28.0. The highest BCUT2D eigenvalue weighted by molar-refractivity contribution is 5.90. The SMILES string of the molecule is COc1ccc(NCc2cc(-c3ccc4c(N5CCOC[C@@H]5C)nc(N5CCOC[C@@H]5C)nc4n3)ccc2OC)cc1. The van der Waals surface area contributed by atoms with E-state index in [9.17, 15) is 0 Å². The fourth-order valence-electron chi connectivity index (χ4n) is 5.54. The van der Waals surface area contributed by atoms with Crippen molar-refractivity contribution in [3.63, 3.8) is 0 Å². The Hall–Kier alpha value is -4.15. The first-order chi connectivity index (χ1) is 20.5. The second kappa shape index (κ2) is 12.4. The second-order valence-corrected chi connectivity index (χ2v) is 10.8. The summed E-state index contributed by atoms with van der Waals surface area (Å²) in [5.74, 6) is 3.23. The molecule has 10 nitrogen and oxygen atoms in total. The molecule has 2 atom stereocenters. The number of nitrogens with zero attached hydrogens (tertiary/aromatic N) is 5. The predicted molar refractivity (Wildman–Crippen MR) is 165 cm³/mol. The molecular formula is C32H38N6O4. The number of benzene rings is 2. The Balaban J connectivity index is 1.36. The van der Waals surface area contributed by atoms with Gasteiger partial charge in [-0.2, -0.15) is 9.97 Å². The van der Waals surface area contributed by atoms with E-state index in [1.165, 1.54) is 0 Å². The summed E-state index contributed by atoms with van der Waals surface area (Å²) in [5, 5.41) is 4.42. The molecule has 0 radical (unpaired) electrons. The van der Waals surface area contributed by atoms with Crippen LogP contribution in [-0.4, -0.2) is 80.8 Å². The van der Waals surface area contributed by atoms with E-state index in [0.717, 1.165) is 58.3 Å². The number of anilines is 3. The van der Waals surface area contributed by atoms with Crippen LogP contribution in [0.25, 0.3) is 22.3 Å². The summed E-state index contributed by atoms with van der Waals surface area (Å²) in [6.45, 7) is 9.07. The highest BCUT2D eigenvalue weighted by Gasteiger charge is 2.27. The number of rotatable bonds is 8. The van der Waals surface area contributed by atoms with Crippen molar-refractivity contribution in [2.75, 3.05) is 68.9 Å². The van der Waals surface area contributed by atoms with E-state index >= 15 is 0 Å². The second-order valence-electron chi connectivity index (χ2n) is 10.8. The number of methoxy groups -OCH3 is 2. The molecule has 4 heterocycles. The van der Waals surface area contributed by atoms with Gasteiger partial charge in [-0.25, -0.2) is 4.98 Å². The molecule has 0 bridgehead atoms. The van der Waals surface area contributed by atoms with Gasteiger partial charge in [-0.15, -0.1) is 0 Å². The smallest absolute Gasteiger partial charge is 0.229 e. The van der Waals surface area contributed by atoms with Crippen LogP contribution in [0, 0.1) is 0 Å². The number of pyridine rings is 1. The van der Waals surface area contributed by atoms with Crippen LogP contribution in [0.15, 0.2) is 54.6 Å². The van der Waals surface area contributed by atoms with E-state index in [4.69, 9.17) is 33.9 Å². The van der Waals surface area contributed by atoms with Crippen LogP contribution in [-0.2, 0) is 16.0 Å². The van der Waals surface area contributed by atoms with Gasteiger partial charge in [-0.1, -0.05) is 0 Å². The number of nitrogens with one attached hydrogen (secondary N) is 1. The van der Waals surface area contributed by atoms with Crippen molar-refractivity contribution in [3.8, 4) is 22.8 Å². The Kier molecular flexibility index (Phi) is 8.25. The molecule has 4 aromatic rings. The third-order valence-corrected chi connectivity index (χ3v) is 7.94. The molecule has 10 heteroatoms. The van der Waals surface area contributed by atoms with Gasteiger partial charge in [0.25, 0.3) is 0 Å². The van der Waals surface area contributed by atoms with Crippen LogP contribution in [0.4, 0.5) is 17.5 Å². The maximum absolute atomic E-state index is 5.73. The van der Waals surface area contributed by atoms with Gasteiger partial charge in [-0.3, -0.25) is 0 Å². The summed E-state index contributed by atoms with van der Waals surface area (Å²) < 4.78 is 22.4. The van der Waals surface area contributed by atoms with Gasteiger partial charge < -0.3 is 34.1 Å². The Bertz CT molecular complexity index is 1530. The Labute approximate surface area is 246 Å². The van der Waals surface area contributed by atoms with Gasteiger partial charge in [0, 0.05) is 36.4 Å². The van der Waals surface area contributed by atoms with Gasteiger partial charge >= 0.3 is 0 Å². The largest absolute Gasteiger partial charge is 0.497 e. The van der Waals surface area contributed by atoms with Crippen LogP contribution in [0.1, 0.15) is 19.4 Å². The fourth-order valence-corrected chi connectivity index (χ4v) is 5.54. The quantitative estimate of drug-likeness (QED) is 0.319. The molecule has 0 saturated carbocycles. The highest BCUT2D eigenvalue weighted by Crippen LogP contribution is 2.33. The summed E-state index contributed by atoms with van der Waals surface area (Å²) in [6, 6.07) is 18.6. The first-order valence-corrected chi connectivity index (χ1v) is 14.5. The minimum Gasteiger partial charge on any atom is -0.497 e. The molecule has 2 aromatic carbocycles. The normalized spacial score (nSPS) is 19.1. The molecular weight excluding hydrogens is 532 g/mol. The van der Waals surface area contributed by atoms with E-state index in [-0.39, 0.29) is 12.1 Å². The highest BCUT2D eigenvalue weighted by atomic mass is 16.5. The van der Waals surface area contributed by atoms with E-state index < -0.39 is 0 Å². The lowest BCUT2D eigenvalue weighted by Gasteiger charge is -2.37. The van der Waals surface area contributed by atoms with Crippen molar-refractivity contribution >= 4 is 28.5 Å². The molecule has 2 aromatic heterocycles. The number of hydrogen-bond donors (Lipinski definition) is 1. The molecule has 2 aliphatic heterocycles. The van der Waals surface area contributed by atoms with Crippen LogP contribution in [0.2, 0.25) is 0 Å². The molecule has 0 spiro atoms. The fraction of sp³-hybridized carbons (Fsp3) is 0.406. The summed E-state index contributed by atoms with van der Waals surface area (Å²) in [4.78, 5) is 19.8. The molecule has 2 saturated heterocycles. The summed E-state index contributed by atoms with van der Waals surface area (Å²) in [7, 11) is 3.36. The third kappa shape index (κ3) is 5.77. The number of morpholine rings is 2. The Morgan fingerprint density at radius 3 is 2.26 bits per heavy atom. The average molecular weight is 571 g/mol. The van der Waals surface area contributed by atoms with Gasteiger partial charge in [0.15, 0.2) is 5.65 Å². The molecule has 2 fully saturated rings. The maximum atomic E-state index is 5.73. The minimum absolute atomic E-state index is 0.177. The monoisotopic (exact) mass is 570 g/mol. The Morgan fingerprint density at radius 1 is 0.833 bits per heavy atom. The van der Waals surface area contributed by atoms with Gasteiger partial charge in [0.2, 0.25) is 5.95 Å². The van der Waals surface area contributed by atoms with Crippen LogP contribution < -0.4 is 24.6 Å². The summed E-state index contributed by atoms with van der Waals surface area (Å²) >= 11 is 0. The van der Waals surface area contributed by atoms with E-state index in [1.54, 1.807) is 14.2 Å². The molecule has 2 aliphatic rings. The zero-order valence-corrected chi connectivity index (χ0v) is 24.7. The van der Waals surface area contributed by atoms with Crippen molar-refractivity contribution < 1.29 is 18.9 Å². The lowest BCUT2D eigenvalue weighted by molar-refractivity contribution is 0.0973. The first-order valence-electron chi connectivity index (χ1n) is 14.5. The lowest BCUT2D eigenvalue weighted by atomic mass is 10.1. The third-order valence-electron chi connectivity index (χ3n) is 7.94. The molecule has 0 amide bonds.